The van der Waals surface area contributed by atoms with E-state index in [1.165, 1.54) is 10.8 Å². The molecule has 0 saturated carbocycles. The molecule has 0 atom stereocenters. The Morgan fingerprint density at radius 2 is 0.804 bits per heavy atom. The molecule has 0 aliphatic heterocycles. The molecule has 0 aliphatic rings. The van der Waals surface area contributed by atoms with Crippen molar-refractivity contribution in [2.75, 3.05) is 0 Å². The van der Waals surface area contributed by atoms with Crippen molar-refractivity contribution in [1.29, 1.82) is 0 Å². The van der Waals surface area contributed by atoms with E-state index in [1.54, 1.807) is 0 Å². The molecule has 2 heterocycles. The number of hydrogen-bond donors (Lipinski definition) is 0. The van der Waals surface area contributed by atoms with E-state index in [4.69, 9.17) is 19.4 Å². The molecule has 4 nitrogen and oxygen atoms in total. The predicted molar refractivity (Wildman–Crippen MR) is 209 cm³/mol. The van der Waals surface area contributed by atoms with Crippen LogP contribution in [0.2, 0.25) is 0 Å². The van der Waals surface area contributed by atoms with Crippen LogP contribution >= 0.6 is 0 Å². The van der Waals surface area contributed by atoms with E-state index in [2.05, 4.69) is 109 Å². The van der Waals surface area contributed by atoms with E-state index in [-0.39, 0.29) is 0 Å². The summed E-state index contributed by atoms with van der Waals surface area (Å²) in [6.07, 6.45) is 0. The number of rotatable bonds is 5. The number of para-hydroxylation sites is 1. The van der Waals surface area contributed by atoms with Crippen molar-refractivity contribution in [1.82, 2.24) is 15.0 Å². The van der Waals surface area contributed by atoms with Crippen molar-refractivity contribution in [2.24, 2.45) is 0 Å². The van der Waals surface area contributed by atoms with Crippen molar-refractivity contribution in [3.05, 3.63) is 176 Å². The maximum atomic E-state index is 6.74. The van der Waals surface area contributed by atoms with Gasteiger partial charge in [-0.3, -0.25) is 0 Å². The lowest BCUT2D eigenvalue weighted by molar-refractivity contribution is 0.670. The van der Waals surface area contributed by atoms with Crippen LogP contribution in [0.25, 0.3) is 99.9 Å². The number of hydrogen-bond acceptors (Lipinski definition) is 4. The topological polar surface area (TPSA) is 51.8 Å². The molecule has 0 saturated heterocycles. The SMILES string of the molecule is c1ccc(-c2nc(-c3ccccc3)nc(-c3ccc(-c4ccc(-c5cccc6ccccc56)c5oc6ccccc6c45)c4ccccc34)n2)cc1. The second-order valence-corrected chi connectivity index (χ2v) is 12.7. The monoisotopic (exact) mass is 651 g/mol. The zero-order valence-electron chi connectivity index (χ0n) is 27.5. The van der Waals surface area contributed by atoms with Crippen LogP contribution in [-0.4, -0.2) is 15.0 Å². The van der Waals surface area contributed by atoms with Crippen molar-refractivity contribution in [3.63, 3.8) is 0 Å². The van der Waals surface area contributed by atoms with Crippen molar-refractivity contribution >= 4 is 43.5 Å². The minimum Gasteiger partial charge on any atom is -0.455 e. The number of fused-ring (bicyclic) bond motifs is 5. The third-order valence-electron chi connectivity index (χ3n) is 9.76. The lowest BCUT2D eigenvalue weighted by Crippen LogP contribution is -2.00. The van der Waals surface area contributed by atoms with Crippen LogP contribution in [0.4, 0.5) is 0 Å². The molecule has 0 amide bonds. The quantitative estimate of drug-likeness (QED) is 0.186. The van der Waals surface area contributed by atoms with Gasteiger partial charge in [0.05, 0.1) is 0 Å². The van der Waals surface area contributed by atoms with Gasteiger partial charge >= 0.3 is 0 Å². The molecule has 238 valence electrons. The fourth-order valence-electron chi connectivity index (χ4n) is 7.38. The highest BCUT2D eigenvalue weighted by Gasteiger charge is 2.21. The Morgan fingerprint density at radius 3 is 1.53 bits per heavy atom. The molecule has 10 aromatic rings. The fraction of sp³-hybridized carbons (Fsp3) is 0. The number of aromatic nitrogens is 3. The fourth-order valence-corrected chi connectivity index (χ4v) is 7.38. The summed E-state index contributed by atoms with van der Waals surface area (Å²) in [6, 6.07) is 60.9. The van der Waals surface area contributed by atoms with Gasteiger partial charge < -0.3 is 4.42 Å². The highest BCUT2D eigenvalue weighted by Crippen LogP contribution is 2.45. The standard InChI is InChI=1S/C47H29N3O/c1-3-15-31(16-4-1)45-48-46(32-17-5-2-6-18-32)50-47(49-45)40-29-26-37(35-21-9-10-22-36(35)40)38-27-28-39(34-24-13-19-30-14-7-8-20-33(30)34)44-43(38)41-23-11-12-25-42(41)51-44/h1-29H. The largest absolute Gasteiger partial charge is 0.455 e. The Balaban J connectivity index is 1.21. The molecule has 10 rings (SSSR count). The molecule has 0 spiro atoms. The number of benzene rings is 8. The van der Waals surface area contributed by atoms with E-state index in [9.17, 15) is 0 Å². The molecular weight excluding hydrogens is 623 g/mol. The van der Waals surface area contributed by atoms with Crippen molar-refractivity contribution in [3.8, 4) is 56.4 Å². The molecule has 0 radical (unpaired) electrons. The Labute approximate surface area is 294 Å². The van der Waals surface area contributed by atoms with Crippen molar-refractivity contribution in [2.45, 2.75) is 0 Å². The van der Waals surface area contributed by atoms with Crippen LogP contribution in [-0.2, 0) is 0 Å². The first-order valence-corrected chi connectivity index (χ1v) is 17.1. The van der Waals surface area contributed by atoms with Gasteiger partial charge in [-0.15, -0.1) is 0 Å². The second-order valence-electron chi connectivity index (χ2n) is 12.7. The molecule has 4 heteroatoms. The lowest BCUT2D eigenvalue weighted by Gasteiger charge is -2.15. The molecule has 0 bridgehead atoms. The number of furan rings is 1. The maximum absolute atomic E-state index is 6.74. The van der Waals surface area contributed by atoms with E-state index in [0.717, 1.165) is 71.7 Å². The Bertz CT molecular complexity index is 2850. The Hall–Kier alpha value is -6.91. The van der Waals surface area contributed by atoms with Crippen LogP contribution in [0.15, 0.2) is 180 Å². The van der Waals surface area contributed by atoms with Gasteiger partial charge in [0, 0.05) is 33.0 Å². The van der Waals surface area contributed by atoms with E-state index >= 15 is 0 Å². The van der Waals surface area contributed by atoms with Gasteiger partial charge in [-0.05, 0) is 56.4 Å². The summed E-state index contributed by atoms with van der Waals surface area (Å²) in [7, 11) is 0. The highest BCUT2D eigenvalue weighted by atomic mass is 16.3. The molecule has 2 aromatic heterocycles. The lowest BCUT2D eigenvalue weighted by atomic mass is 9.89. The normalized spacial score (nSPS) is 11.5. The van der Waals surface area contributed by atoms with E-state index < -0.39 is 0 Å². The van der Waals surface area contributed by atoms with Crippen LogP contribution in [0.3, 0.4) is 0 Å². The van der Waals surface area contributed by atoms with Gasteiger partial charge in [-0.2, -0.15) is 0 Å². The summed E-state index contributed by atoms with van der Waals surface area (Å²) >= 11 is 0. The summed E-state index contributed by atoms with van der Waals surface area (Å²) in [5, 5.41) is 6.78. The average Bonchev–Trinajstić information content (AvgIpc) is 3.60. The van der Waals surface area contributed by atoms with E-state index in [0.29, 0.717) is 17.5 Å². The zero-order valence-corrected chi connectivity index (χ0v) is 27.5. The summed E-state index contributed by atoms with van der Waals surface area (Å²) in [6.45, 7) is 0. The summed E-state index contributed by atoms with van der Waals surface area (Å²) in [5.74, 6) is 1.92. The van der Waals surface area contributed by atoms with Crippen LogP contribution in [0.5, 0.6) is 0 Å². The molecule has 0 unspecified atom stereocenters. The molecular formula is C47H29N3O. The van der Waals surface area contributed by atoms with Gasteiger partial charge in [0.25, 0.3) is 0 Å². The zero-order chi connectivity index (χ0) is 33.7. The minimum absolute atomic E-state index is 0.635. The minimum atomic E-state index is 0.635. The van der Waals surface area contributed by atoms with Crippen LogP contribution in [0, 0.1) is 0 Å². The molecule has 0 aliphatic carbocycles. The molecule has 0 N–H and O–H groups in total. The predicted octanol–water partition coefficient (Wildman–Crippen LogP) is 12.4. The third kappa shape index (κ3) is 4.88. The average molecular weight is 652 g/mol. The van der Waals surface area contributed by atoms with Crippen LogP contribution < -0.4 is 0 Å². The number of nitrogens with zero attached hydrogens (tertiary/aromatic N) is 3. The second kappa shape index (κ2) is 11.9. The first-order valence-electron chi connectivity index (χ1n) is 17.1. The van der Waals surface area contributed by atoms with Gasteiger partial charge in [0.2, 0.25) is 0 Å². The smallest absolute Gasteiger partial charge is 0.164 e. The van der Waals surface area contributed by atoms with Gasteiger partial charge in [0.15, 0.2) is 17.5 Å². The first kappa shape index (κ1) is 29.0. The van der Waals surface area contributed by atoms with Gasteiger partial charge in [-0.25, -0.2) is 15.0 Å². The molecule has 51 heavy (non-hydrogen) atoms. The Morgan fingerprint density at radius 1 is 0.314 bits per heavy atom. The molecule has 0 fully saturated rings. The van der Waals surface area contributed by atoms with E-state index in [1.807, 2.05) is 66.7 Å². The summed E-state index contributed by atoms with van der Waals surface area (Å²) < 4.78 is 6.74. The summed E-state index contributed by atoms with van der Waals surface area (Å²) in [4.78, 5) is 15.1. The van der Waals surface area contributed by atoms with Crippen molar-refractivity contribution < 1.29 is 4.42 Å². The summed E-state index contributed by atoms with van der Waals surface area (Å²) in [5.41, 5.74) is 9.07. The third-order valence-corrected chi connectivity index (χ3v) is 9.76. The van der Waals surface area contributed by atoms with Gasteiger partial charge in [0.1, 0.15) is 11.2 Å². The molecule has 8 aromatic carbocycles. The van der Waals surface area contributed by atoms with Gasteiger partial charge in [-0.1, -0.05) is 158 Å². The maximum Gasteiger partial charge on any atom is 0.164 e. The highest BCUT2D eigenvalue weighted by molar-refractivity contribution is 6.20. The first-order chi connectivity index (χ1) is 25.3. The Kier molecular flexibility index (Phi) is 6.78. The van der Waals surface area contributed by atoms with Crippen LogP contribution in [0.1, 0.15) is 0 Å².